The lowest BCUT2D eigenvalue weighted by Crippen LogP contribution is -2.10. The molecule has 0 spiro atoms. The molecular formula is C9H17Cl. The summed E-state index contributed by atoms with van der Waals surface area (Å²) in [7, 11) is 0. The molecule has 3 atom stereocenters. The summed E-state index contributed by atoms with van der Waals surface area (Å²) in [6.45, 7) is 6.97. The molecule has 0 nitrogen and oxygen atoms in total. The number of alkyl halides is 1. The molecule has 1 aliphatic carbocycles. The highest BCUT2D eigenvalue weighted by Gasteiger charge is 2.51. The van der Waals surface area contributed by atoms with Gasteiger partial charge in [0.25, 0.3) is 0 Å². The van der Waals surface area contributed by atoms with Crippen LogP contribution in [-0.4, -0.2) is 5.88 Å². The lowest BCUT2D eigenvalue weighted by Gasteiger charge is -2.17. The van der Waals surface area contributed by atoms with E-state index >= 15 is 0 Å². The van der Waals surface area contributed by atoms with E-state index in [1.165, 1.54) is 12.8 Å². The van der Waals surface area contributed by atoms with E-state index in [-0.39, 0.29) is 0 Å². The first-order valence-corrected chi connectivity index (χ1v) is 4.74. The number of rotatable bonds is 3. The van der Waals surface area contributed by atoms with Crippen LogP contribution in [0, 0.1) is 17.3 Å². The van der Waals surface area contributed by atoms with E-state index in [0.717, 1.165) is 17.7 Å². The maximum Gasteiger partial charge on any atom is 0.0257 e. The van der Waals surface area contributed by atoms with E-state index in [1.54, 1.807) is 0 Å². The molecule has 0 aromatic rings. The van der Waals surface area contributed by atoms with E-state index < -0.39 is 0 Å². The Hall–Kier alpha value is 0.290. The van der Waals surface area contributed by atoms with Crippen molar-refractivity contribution in [2.45, 2.75) is 33.6 Å². The van der Waals surface area contributed by atoms with Crippen LogP contribution in [0.2, 0.25) is 0 Å². The summed E-state index contributed by atoms with van der Waals surface area (Å²) in [6.07, 6.45) is 2.65. The fraction of sp³-hybridized carbons (Fsp3) is 1.00. The Morgan fingerprint density at radius 3 is 2.60 bits per heavy atom. The van der Waals surface area contributed by atoms with Gasteiger partial charge >= 0.3 is 0 Å². The first-order valence-electron chi connectivity index (χ1n) is 4.21. The second kappa shape index (κ2) is 2.73. The molecule has 1 aliphatic rings. The Kier molecular flexibility index (Phi) is 2.29. The minimum absolute atomic E-state index is 0.594. The van der Waals surface area contributed by atoms with Gasteiger partial charge in [-0.3, -0.25) is 0 Å². The molecule has 0 amide bonds. The molecule has 1 heteroatoms. The van der Waals surface area contributed by atoms with Gasteiger partial charge in [-0.25, -0.2) is 0 Å². The molecule has 60 valence electrons. The minimum Gasteiger partial charge on any atom is -0.126 e. The lowest BCUT2D eigenvalue weighted by atomic mass is 9.88. The summed E-state index contributed by atoms with van der Waals surface area (Å²) in [5, 5.41) is 0. The van der Waals surface area contributed by atoms with E-state index in [2.05, 4.69) is 20.8 Å². The van der Waals surface area contributed by atoms with Gasteiger partial charge in [0.1, 0.15) is 0 Å². The molecule has 0 bridgehead atoms. The zero-order chi connectivity index (χ0) is 7.78. The molecule has 0 aliphatic heterocycles. The molecule has 3 unspecified atom stereocenters. The summed E-state index contributed by atoms with van der Waals surface area (Å²) in [6, 6.07) is 0. The molecular weight excluding hydrogens is 144 g/mol. The van der Waals surface area contributed by atoms with Gasteiger partial charge in [0, 0.05) is 5.88 Å². The third-order valence-corrected chi connectivity index (χ3v) is 3.76. The van der Waals surface area contributed by atoms with Gasteiger partial charge in [0.2, 0.25) is 0 Å². The first kappa shape index (κ1) is 8.39. The van der Waals surface area contributed by atoms with Crippen LogP contribution in [0.25, 0.3) is 0 Å². The summed E-state index contributed by atoms with van der Waals surface area (Å²) in [5.41, 5.74) is 0.594. The summed E-state index contributed by atoms with van der Waals surface area (Å²) < 4.78 is 0. The van der Waals surface area contributed by atoms with Crippen molar-refractivity contribution < 1.29 is 0 Å². The molecule has 0 N–H and O–H groups in total. The monoisotopic (exact) mass is 160 g/mol. The quantitative estimate of drug-likeness (QED) is 0.556. The van der Waals surface area contributed by atoms with E-state index in [1.807, 2.05) is 0 Å². The number of hydrogen-bond donors (Lipinski definition) is 0. The molecule has 1 rings (SSSR count). The Balaban J connectivity index is 2.42. The van der Waals surface area contributed by atoms with Crippen molar-refractivity contribution in [1.82, 2.24) is 0 Å². The molecule has 0 heterocycles. The molecule has 1 fully saturated rings. The minimum atomic E-state index is 0.594. The average molecular weight is 161 g/mol. The van der Waals surface area contributed by atoms with Crippen LogP contribution in [0.3, 0.4) is 0 Å². The van der Waals surface area contributed by atoms with Crippen LogP contribution in [0.1, 0.15) is 33.6 Å². The van der Waals surface area contributed by atoms with Gasteiger partial charge < -0.3 is 0 Å². The van der Waals surface area contributed by atoms with Crippen molar-refractivity contribution in [1.29, 1.82) is 0 Å². The fourth-order valence-electron chi connectivity index (χ4n) is 1.77. The molecule has 0 saturated heterocycles. The highest BCUT2D eigenvalue weighted by atomic mass is 35.5. The van der Waals surface area contributed by atoms with Gasteiger partial charge in [-0.2, -0.15) is 0 Å². The number of hydrogen-bond acceptors (Lipinski definition) is 0. The van der Waals surface area contributed by atoms with Gasteiger partial charge in [-0.15, -0.1) is 11.6 Å². The predicted octanol–water partition coefficient (Wildman–Crippen LogP) is 3.30. The van der Waals surface area contributed by atoms with Gasteiger partial charge in [-0.1, -0.05) is 27.2 Å². The lowest BCUT2D eigenvalue weighted by molar-refractivity contribution is 0.329. The van der Waals surface area contributed by atoms with E-state index in [4.69, 9.17) is 11.6 Å². The van der Waals surface area contributed by atoms with Crippen molar-refractivity contribution in [2.24, 2.45) is 17.3 Å². The van der Waals surface area contributed by atoms with Crippen LogP contribution >= 0.6 is 11.6 Å². The molecule has 0 aromatic heterocycles. The van der Waals surface area contributed by atoms with Crippen molar-refractivity contribution in [3.05, 3.63) is 0 Å². The van der Waals surface area contributed by atoms with Crippen molar-refractivity contribution in [3.8, 4) is 0 Å². The van der Waals surface area contributed by atoms with Crippen molar-refractivity contribution in [2.75, 3.05) is 5.88 Å². The van der Waals surface area contributed by atoms with Crippen molar-refractivity contribution >= 4 is 11.6 Å². The van der Waals surface area contributed by atoms with Gasteiger partial charge in [-0.05, 0) is 23.7 Å². The van der Waals surface area contributed by atoms with E-state index in [9.17, 15) is 0 Å². The number of halogens is 1. The molecule has 0 radical (unpaired) electrons. The smallest absolute Gasteiger partial charge is 0.0257 e. The highest BCUT2D eigenvalue weighted by Crippen LogP contribution is 2.58. The maximum atomic E-state index is 5.78. The molecule has 1 saturated carbocycles. The molecule has 0 aromatic carbocycles. The van der Waals surface area contributed by atoms with Gasteiger partial charge in [0.15, 0.2) is 0 Å². The Morgan fingerprint density at radius 2 is 2.30 bits per heavy atom. The third-order valence-electron chi connectivity index (χ3n) is 3.38. The van der Waals surface area contributed by atoms with Crippen molar-refractivity contribution in [3.63, 3.8) is 0 Å². The average Bonchev–Trinajstić information content (AvgIpc) is 2.61. The predicted molar refractivity (Wildman–Crippen MR) is 46.4 cm³/mol. The van der Waals surface area contributed by atoms with Crippen LogP contribution in [-0.2, 0) is 0 Å². The maximum absolute atomic E-state index is 5.78. The van der Waals surface area contributed by atoms with E-state index in [0.29, 0.717) is 5.41 Å². The second-order valence-corrected chi connectivity index (χ2v) is 4.18. The van der Waals surface area contributed by atoms with Crippen LogP contribution < -0.4 is 0 Å². The Morgan fingerprint density at radius 1 is 1.70 bits per heavy atom. The van der Waals surface area contributed by atoms with Gasteiger partial charge in [0.05, 0.1) is 0 Å². The fourth-order valence-corrected chi connectivity index (χ4v) is 2.23. The van der Waals surface area contributed by atoms with Crippen LogP contribution in [0.4, 0.5) is 0 Å². The SMILES string of the molecule is CCC(C)C1(C)CC1CCl. The molecule has 10 heavy (non-hydrogen) atoms. The summed E-state index contributed by atoms with van der Waals surface area (Å²) in [5.74, 6) is 2.53. The first-order chi connectivity index (χ1) is 4.65. The van der Waals surface area contributed by atoms with Crippen LogP contribution in [0.15, 0.2) is 0 Å². The van der Waals surface area contributed by atoms with Crippen LogP contribution in [0.5, 0.6) is 0 Å². The zero-order valence-corrected chi connectivity index (χ0v) is 7.91. The highest BCUT2D eigenvalue weighted by molar-refractivity contribution is 6.18. The Labute approximate surface area is 69.0 Å². The standard InChI is InChI=1S/C9H17Cl/c1-4-7(2)9(3)5-8(9)6-10/h7-8H,4-6H2,1-3H3. The third kappa shape index (κ3) is 1.18. The summed E-state index contributed by atoms with van der Waals surface area (Å²) >= 11 is 5.78. The summed E-state index contributed by atoms with van der Waals surface area (Å²) in [4.78, 5) is 0. The second-order valence-electron chi connectivity index (χ2n) is 3.87. The zero-order valence-electron chi connectivity index (χ0n) is 7.15. The largest absolute Gasteiger partial charge is 0.126 e. The normalized spacial score (nSPS) is 41.4. The Bertz CT molecular complexity index is 122. The topological polar surface area (TPSA) is 0 Å².